The number of alkyl halides is 1. The van der Waals surface area contributed by atoms with Gasteiger partial charge in [0, 0.05) is 12.6 Å². The van der Waals surface area contributed by atoms with E-state index in [-0.39, 0.29) is 35.5 Å². The quantitative estimate of drug-likeness (QED) is 0.200. The molecule has 0 saturated carbocycles. The Morgan fingerprint density at radius 3 is 2.60 bits per heavy atom. The van der Waals surface area contributed by atoms with E-state index < -0.39 is 73.3 Å². The number of imidazole rings is 2. The molecule has 0 radical (unpaired) electrons. The van der Waals surface area contributed by atoms with Gasteiger partial charge in [-0.05, 0) is 12.5 Å². The fourth-order valence-electron chi connectivity index (χ4n) is 5.46. The first kappa shape index (κ1) is 28.4. The molecule has 7 heterocycles. The van der Waals surface area contributed by atoms with Gasteiger partial charge >= 0.3 is 7.82 Å². The zero-order chi connectivity index (χ0) is 30.1. The van der Waals surface area contributed by atoms with E-state index in [4.69, 9.17) is 34.2 Å². The maximum atomic E-state index is 15.7. The highest BCUT2D eigenvalue weighted by Gasteiger charge is 2.51. The highest BCUT2D eigenvalue weighted by molar-refractivity contribution is 7.86. The van der Waals surface area contributed by atoms with Gasteiger partial charge in [-0.3, -0.25) is 22.4 Å². The van der Waals surface area contributed by atoms with Gasteiger partial charge in [0.05, 0.1) is 36.8 Å². The standard InChI is InChI=1S/C22H25FN9O9PS/c23-15-13-6-37-42(33,34)40-12-5-14(31-8-30-17-19(25)27-7-28-21(17)31)38-11(12)2-4-43(35,36)41-18(15)22(39-13)32-9-29-16-10(24)1-3-26-20(16)32/h1,3,7-9,11-15,18,22H,2,4-6H2,(H2,24,26)(H,33,34)(H2,25,27,28). The first-order valence-electron chi connectivity index (χ1n) is 13.0. The van der Waals surface area contributed by atoms with Gasteiger partial charge in [0.25, 0.3) is 10.1 Å². The lowest BCUT2D eigenvalue weighted by Gasteiger charge is -2.23. The fourth-order valence-corrected chi connectivity index (χ4v) is 7.58. The number of hydrogen-bond donors (Lipinski definition) is 3. The van der Waals surface area contributed by atoms with Crippen molar-refractivity contribution in [2.75, 3.05) is 23.8 Å². The maximum absolute atomic E-state index is 15.7. The second kappa shape index (κ2) is 10.4. The van der Waals surface area contributed by atoms with Crippen LogP contribution < -0.4 is 11.5 Å². The van der Waals surface area contributed by atoms with Crippen LogP contribution in [0.4, 0.5) is 15.9 Å². The third kappa shape index (κ3) is 5.12. The Morgan fingerprint density at radius 1 is 1.00 bits per heavy atom. The lowest BCUT2D eigenvalue weighted by atomic mass is 10.1. The first-order chi connectivity index (χ1) is 20.5. The number of nitrogen functional groups attached to an aromatic ring is 2. The Kier molecular flexibility index (Phi) is 6.86. The molecule has 5 N–H and O–H groups in total. The number of pyridine rings is 1. The maximum Gasteiger partial charge on any atom is 0.472 e. The van der Waals surface area contributed by atoms with Gasteiger partial charge < -0.3 is 25.8 Å². The minimum atomic E-state index is -4.83. The average Bonchev–Trinajstić information content (AvgIpc) is 3.72. The van der Waals surface area contributed by atoms with Crippen LogP contribution in [0.2, 0.25) is 0 Å². The lowest BCUT2D eigenvalue weighted by Crippen LogP contribution is -2.35. The smallest absolute Gasteiger partial charge is 0.397 e. The second-order valence-electron chi connectivity index (χ2n) is 10.2. The van der Waals surface area contributed by atoms with Crippen molar-refractivity contribution in [2.45, 2.75) is 55.9 Å². The Bertz CT molecular complexity index is 1860. The van der Waals surface area contributed by atoms with Crippen LogP contribution in [0.25, 0.3) is 22.3 Å². The van der Waals surface area contributed by atoms with Crippen LogP contribution >= 0.6 is 7.82 Å². The SMILES string of the molecule is Nc1ncnc2c1ncn2C1CC2OP(=O)(O)OCC3OC(n4cnc5c(N)ccnc54)C(OS(=O)(=O)CCC2O1)C3F. The van der Waals surface area contributed by atoms with Crippen molar-refractivity contribution in [1.82, 2.24) is 34.1 Å². The molecule has 8 atom stereocenters. The predicted molar refractivity (Wildman–Crippen MR) is 143 cm³/mol. The molecule has 3 fully saturated rings. The van der Waals surface area contributed by atoms with Crippen molar-refractivity contribution in [3.63, 3.8) is 0 Å². The molecule has 8 unspecified atom stereocenters. The van der Waals surface area contributed by atoms with Crippen LogP contribution in [-0.2, 0) is 37.4 Å². The van der Waals surface area contributed by atoms with Crippen molar-refractivity contribution < 1.29 is 45.0 Å². The molecule has 230 valence electrons. The molecule has 0 spiro atoms. The van der Waals surface area contributed by atoms with Gasteiger partial charge in [0.2, 0.25) is 0 Å². The Hall–Kier alpha value is -3.36. The first-order valence-corrected chi connectivity index (χ1v) is 16.1. The van der Waals surface area contributed by atoms with Gasteiger partial charge in [-0.15, -0.1) is 0 Å². The molecular weight excluding hydrogens is 616 g/mol. The van der Waals surface area contributed by atoms with Crippen molar-refractivity contribution in [1.29, 1.82) is 0 Å². The summed E-state index contributed by atoms with van der Waals surface area (Å²) in [6.45, 7) is -0.766. The van der Waals surface area contributed by atoms with Crippen molar-refractivity contribution in [2.24, 2.45) is 0 Å². The molecule has 3 saturated heterocycles. The van der Waals surface area contributed by atoms with Gasteiger partial charge in [0.15, 0.2) is 35.6 Å². The summed E-state index contributed by atoms with van der Waals surface area (Å²) in [5.41, 5.74) is 13.2. The van der Waals surface area contributed by atoms with Crippen LogP contribution in [0.15, 0.2) is 31.2 Å². The molecule has 0 amide bonds. The van der Waals surface area contributed by atoms with Crippen molar-refractivity contribution >= 4 is 51.8 Å². The van der Waals surface area contributed by atoms with Gasteiger partial charge in [-0.1, -0.05) is 0 Å². The summed E-state index contributed by atoms with van der Waals surface area (Å²) in [5, 5.41) is 0. The van der Waals surface area contributed by atoms with Crippen LogP contribution in [0.5, 0.6) is 0 Å². The van der Waals surface area contributed by atoms with E-state index in [1.807, 2.05) is 0 Å². The normalized spacial score (nSPS) is 34.9. The number of nitrogens with two attached hydrogens (primary N) is 2. The minimum Gasteiger partial charge on any atom is -0.397 e. The molecule has 21 heteroatoms. The zero-order valence-corrected chi connectivity index (χ0v) is 23.7. The van der Waals surface area contributed by atoms with E-state index in [0.717, 1.165) is 0 Å². The summed E-state index contributed by atoms with van der Waals surface area (Å²) in [7, 11) is -9.25. The Labute approximate surface area is 241 Å². The van der Waals surface area contributed by atoms with E-state index in [1.54, 1.807) is 0 Å². The Balaban J connectivity index is 1.18. The van der Waals surface area contributed by atoms with E-state index in [2.05, 4.69) is 24.9 Å². The van der Waals surface area contributed by atoms with Gasteiger partial charge in [-0.25, -0.2) is 33.9 Å². The molecule has 43 heavy (non-hydrogen) atoms. The molecule has 18 nitrogen and oxygen atoms in total. The predicted octanol–water partition coefficient (Wildman–Crippen LogP) is 0.579. The number of anilines is 2. The van der Waals surface area contributed by atoms with Crippen LogP contribution in [-0.4, -0.2) is 90.3 Å². The van der Waals surface area contributed by atoms with Crippen LogP contribution in [0.1, 0.15) is 25.3 Å². The number of phosphoric acid groups is 1. The third-order valence-electron chi connectivity index (χ3n) is 7.49. The number of phosphoric ester groups is 1. The molecule has 4 aromatic rings. The average molecular weight is 642 g/mol. The molecule has 4 aromatic heterocycles. The van der Waals surface area contributed by atoms with Crippen molar-refractivity contribution in [3.8, 4) is 0 Å². The molecule has 3 aliphatic heterocycles. The van der Waals surface area contributed by atoms with Gasteiger partial charge in [-0.2, -0.15) is 8.42 Å². The van der Waals surface area contributed by atoms with E-state index in [0.29, 0.717) is 11.2 Å². The molecule has 0 aliphatic carbocycles. The molecule has 0 aromatic carbocycles. The van der Waals surface area contributed by atoms with Crippen LogP contribution in [0, 0.1) is 0 Å². The highest BCUT2D eigenvalue weighted by Crippen LogP contribution is 2.50. The summed E-state index contributed by atoms with van der Waals surface area (Å²) in [4.78, 5) is 31.2. The lowest BCUT2D eigenvalue weighted by molar-refractivity contribution is -0.0507. The molecule has 2 bridgehead atoms. The van der Waals surface area contributed by atoms with Gasteiger partial charge in [0.1, 0.15) is 35.8 Å². The number of nitrogens with zero attached hydrogens (tertiary/aromatic N) is 7. The topological polar surface area (TPSA) is 244 Å². The summed E-state index contributed by atoms with van der Waals surface area (Å²) >= 11 is 0. The zero-order valence-electron chi connectivity index (χ0n) is 22.0. The summed E-state index contributed by atoms with van der Waals surface area (Å²) in [6.07, 6.45) is -4.58. The highest BCUT2D eigenvalue weighted by atomic mass is 32.2. The number of hydrogen-bond acceptors (Lipinski definition) is 15. The van der Waals surface area contributed by atoms with Crippen molar-refractivity contribution in [3.05, 3.63) is 31.2 Å². The van der Waals surface area contributed by atoms with E-state index in [9.17, 15) is 17.9 Å². The number of rotatable bonds is 2. The Morgan fingerprint density at radius 2 is 1.77 bits per heavy atom. The summed E-state index contributed by atoms with van der Waals surface area (Å²) in [5.74, 6) is -0.502. The summed E-state index contributed by atoms with van der Waals surface area (Å²) in [6, 6.07) is 1.51. The molecular formula is C22H25FN9O9PS. The summed E-state index contributed by atoms with van der Waals surface area (Å²) < 4.78 is 85.7. The number of fused-ring (bicyclic) bond motifs is 5. The van der Waals surface area contributed by atoms with E-state index in [1.165, 1.54) is 40.4 Å². The second-order valence-corrected chi connectivity index (χ2v) is 13.3. The third-order valence-corrected chi connectivity index (χ3v) is 9.75. The van der Waals surface area contributed by atoms with Crippen LogP contribution in [0.3, 0.4) is 0 Å². The van der Waals surface area contributed by atoms with E-state index >= 15 is 4.39 Å². The largest absolute Gasteiger partial charge is 0.472 e. The minimum absolute atomic E-state index is 0.00491. The molecule has 7 rings (SSSR count). The molecule has 3 aliphatic rings. The number of ether oxygens (including phenoxy) is 2. The fraction of sp³-hybridized carbons (Fsp3) is 0.500. The monoisotopic (exact) mass is 641 g/mol. The number of aromatic nitrogens is 7. The number of halogens is 1.